The summed E-state index contributed by atoms with van der Waals surface area (Å²) in [6.07, 6.45) is 9.26. The summed E-state index contributed by atoms with van der Waals surface area (Å²) in [4.78, 5) is 3.84. The molecule has 1 aliphatic carbocycles. The zero-order chi connectivity index (χ0) is 13.0. The van der Waals surface area contributed by atoms with Crippen LogP contribution in [0.15, 0.2) is 18.5 Å². The lowest BCUT2D eigenvalue weighted by Gasteiger charge is -2.34. The maximum Gasteiger partial charge on any atom is 0.146 e. The highest BCUT2D eigenvalue weighted by Gasteiger charge is 2.29. The zero-order valence-corrected chi connectivity index (χ0v) is 11.3. The average Bonchev–Trinajstić information content (AvgIpc) is 2.42. The second kappa shape index (κ2) is 6.28. The molecule has 2 nitrogen and oxygen atoms in total. The summed E-state index contributed by atoms with van der Waals surface area (Å²) in [5.74, 6) is 1.17. The Kier molecular flexibility index (Phi) is 4.70. The van der Waals surface area contributed by atoms with Gasteiger partial charge in [0.05, 0.1) is 6.20 Å². The summed E-state index contributed by atoms with van der Waals surface area (Å²) >= 11 is 0. The Morgan fingerprint density at radius 3 is 3.00 bits per heavy atom. The molecule has 0 aliphatic heterocycles. The molecule has 1 aromatic rings. The third kappa shape index (κ3) is 2.89. The molecule has 18 heavy (non-hydrogen) atoms. The monoisotopic (exact) mass is 250 g/mol. The molecule has 1 N–H and O–H groups in total. The van der Waals surface area contributed by atoms with Gasteiger partial charge < -0.3 is 5.32 Å². The largest absolute Gasteiger partial charge is 0.313 e. The number of nitrogens with zero attached hydrogens (tertiary/aromatic N) is 1. The van der Waals surface area contributed by atoms with Crippen molar-refractivity contribution in [3.63, 3.8) is 0 Å². The van der Waals surface area contributed by atoms with Crippen molar-refractivity contribution >= 4 is 0 Å². The molecule has 1 fully saturated rings. The summed E-state index contributed by atoms with van der Waals surface area (Å²) in [7, 11) is 1.93. The minimum absolute atomic E-state index is 0.127. The topological polar surface area (TPSA) is 24.9 Å². The molecule has 0 spiro atoms. The van der Waals surface area contributed by atoms with E-state index in [1.165, 1.54) is 38.3 Å². The van der Waals surface area contributed by atoms with E-state index in [0.29, 0.717) is 5.92 Å². The average molecular weight is 250 g/mol. The number of nitrogens with one attached hydrogen (secondary N) is 1. The number of rotatable bonds is 4. The van der Waals surface area contributed by atoms with Gasteiger partial charge in [0.2, 0.25) is 0 Å². The van der Waals surface area contributed by atoms with Crippen molar-refractivity contribution in [2.45, 2.75) is 45.1 Å². The van der Waals surface area contributed by atoms with E-state index in [1.807, 2.05) is 13.1 Å². The van der Waals surface area contributed by atoms with Crippen LogP contribution in [0.2, 0.25) is 0 Å². The Hall–Kier alpha value is -0.960. The number of hydrogen-bond acceptors (Lipinski definition) is 2. The Labute approximate surface area is 109 Å². The van der Waals surface area contributed by atoms with E-state index in [0.717, 1.165) is 11.5 Å². The minimum Gasteiger partial charge on any atom is -0.313 e. The first-order valence-electron chi connectivity index (χ1n) is 7.03. The van der Waals surface area contributed by atoms with Gasteiger partial charge in [-0.05, 0) is 37.8 Å². The Morgan fingerprint density at radius 2 is 2.33 bits per heavy atom. The molecule has 1 heterocycles. The van der Waals surface area contributed by atoms with Crippen LogP contribution in [0.3, 0.4) is 0 Å². The highest BCUT2D eigenvalue weighted by molar-refractivity contribution is 5.18. The van der Waals surface area contributed by atoms with Gasteiger partial charge in [0.1, 0.15) is 5.82 Å². The highest BCUT2D eigenvalue weighted by atomic mass is 19.1. The van der Waals surface area contributed by atoms with E-state index in [9.17, 15) is 4.39 Å². The van der Waals surface area contributed by atoms with E-state index in [2.05, 4.69) is 17.2 Å². The van der Waals surface area contributed by atoms with Gasteiger partial charge in [-0.1, -0.05) is 26.2 Å². The quantitative estimate of drug-likeness (QED) is 0.881. The summed E-state index contributed by atoms with van der Waals surface area (Å²) < 4.78 is 13.9. The number of hydrogen-bond donors (Lipinski definition) is 1. The molecule has 100 valence electrons. The van der Waals surface area contributed by atoms with Gasteiger partial charge in [-0.2, -0.15) is 0 Å². The van der Waals surface area contributed by atoms with Crippen LogP contribution in [0.25, 0.3) is 0 Å². The Morgan fingerprint density at radius 1 is 1.50 bits per heavy atom. The van der Waals surface area contributed by atoms with Crippen molar-refractivity contribution in [1.82, 2.24) is 10.3 Å². The van der Waals surface area contributed by atoms with Crippen molar-refractivity contribution in [1.29, 1.82) is 0 Å². The first-order valence-corrected chi connectivity index (χ1v) is 7.03. The van der Waals surface area contributed by atoms with Crippen molar-refractivity contribution in [2.24, 2.45) is 11.8 Å². The molecule has 1 saturated carbocycles. The normalized spacial score (nSPS) is 25.9. The van der Waals surface area contributed by atoms with E-state index in [4.69, 9.17) is 0 Å². The molecule has 0 saturated heterocycles. The van der Waals surface area contributed by atoms with Gasteiger partial charge in [0.15, 0.2) is 0 Å². The predicted molar refractivity (Wildman–Crippen MR) is 71.7 cm³/mol. The molecule has 1 aliphatic rings. The summed E-state index contributed by atoms with van der Waals surface area (Å²) in [5.41, 5.74) is 0.772. The van der Waals surface area contributed by atoms with E-state index in [-0.39, 0.29) is 11.9 Å². The summed E-state index contributed by atoms with van der Waals surface area (Å²) in [6.45, 7) is 2.26. The lowest BCUT2D eigenvalue weighted by molar-refractivity contribution is 0.212. The fourth-order valence-electron chi connectivity index (χ4n) is 3.29. The van der Waals surface area contributed by atoms with Crippen LogP contribution in [0.1, 0.15) is 50.6 Å². The van der Waals surface area contributed by atoms with E-state index >= 15 is 0 Å². The van der Waals surface area contributed by atoms with Gasteiger partial charge in [-0.3, -0.25) is 4.98 Å². The first kappa shape index (κ1) is 13.5. The van der Waals surface area contributed by atoms with Crippen molar-refractivity contribution in [3.8, 4) is 0 Å². The van der Waals surface area contributed by atoms with E-state index < -0.39 is 0 Å². The SMILES string of the molecule is CCC1CCCC(C(NC)c2ccncc2F)C1. The summed E-state index contributed by atoms with van der Waals surface area (Å²) in [5, 5.41) is 3.31. The van der Waals surface area contributed by atoms with Gasteiger partial charge in [0.25, 0.3) is 0 Å². The fraction of sp³-hybridized carbons (Fsp3) is 0.667. The van der Waals surface area contributed by atoms with Crippen LogP contribution in [-0.4, -0.2) is 12.0 Å². The predicted octanol–water partition coefficient (Wildman–Crippen LogP) is 3.70. The molecule has 2 rings (SSSR count). The molecule has 3 atom stereocenters. The van der Waals surface area contributed by atoms with Gasteiger partial charge in [0, 0.05) is 17.8 Å². The van der Waals surface area contributed by atoms with E-state index in [1.54, 1.807) is 6.20 Å². The zero-order valence-electron chi connectivity index (χ0n) is 11.3. The standard InChI is InChI=1S/C15H23FN2/c1-3-11-5-4-6-12(9-11)15(17-2)13-7-8-18-10-14(13)16/h7-8,10-12,15,17H,3-6,9H2,1-2H3. The second-order valence-electron chi connectivity index (χ2n) is 5.36. The van der Waals surface area contributed by atoms with Crippen molar-refractivity contribution < 1.29 is 4.39 Å². The fourth-order valence-corrected chi connectivity index (χ4v) is 3.29. The Bertz CT molecular complexity index is 381. The highest BCUT2D eigenvalue weighted by Crippen LogP contribution is 2.38. The number of aromatic nitrogens is 1. The molecule has 0 amide bonds. The van der Waals surface area contributed by atoms with Gasteiger partial charge in [-0.15, -0.1) is 0 Å². The van der Waals surface area contributed by atoms with Crippen LogP contribution in [-0.2, 0) is 0 Å². The van der Waals surface area contributed by atoms with Crippen molar-refractivity contribution in [2.75, 3.05) is 7.05 Å². The molecule has 0 bridgehead atoms. The number of pyridine rings is 1. The third-order valence-electron chi connectivity index (χ3n) is 4.32. The smallest absolute Gasteiger partial charge is 0.146 e. The molecular formula is C15H23FN2. The van der Waals surface area contributed by atoms with Crippen molar-refractivity contribution in [3.05, 3.63) is 29.8 Å². The number of halogens is 1. The molecule has 3 unspecified atom stereocenters. The molecule has 1 aromatic heterocycles. The maximum atomic E-state index is 13.9. The van der Waals surface area contributed by atoms with Crippen LogP contribution in [0, 0.1) is 17.7 Å². The lowest BCUT2D eigenvalue weighted by Crippen LogP contribution is -2.30. The van der Waals surface area contributed by atoms with Crippen LogP contribution in [0.4, 0.5) is 4.39 Å². The van der Waals surface area contributed by atoms with Crippen LogP contribution < -0.4 is 5.32 Å². The molecule has 3 heteroatoms. The maximum absolute atomic E-state index is 13.9. The van der Waals surface area contributed by atoms with Crippen LogP contribution >= 0.6 is 0 Å². The van der Waals surface area contributed by atoms with Crippen LogP contribution in [0.5, 0.6) is 0 Å². The summed E-state index contributed by atoms with van der Waals surface area (Å²) in [6, 6.07) is 1.94. The first-order chi connectivity index (χ1) is 8.76. The Balaban J connectivity index is 2.15. The third-order valence-corrected chi connectivity index (χ3v) is 4.32. The van der Waals surface area contributed by atoms with Gasteiger partial charge in [-0.25, -0.2) is 4.39 Å². The lowest BCUT2D eigenvalue weighted by atomic mass is 9.75. The minimum atomic E-state index is -0.185. The second-order valence-corrected chi connectivity index (χ2v) is 5.36. The molecule has 0 aromatic carbocycles. The molecule has 0 radical (unpaired) electrons. The molecular weight excluding hydrogens is 227 g/mol. The van der Waals surface area contributed by atoms with Gasteiger partial charge >= 0.3 is 0 Å².